The topological polar surface area (TPSA) is 47.6 Å². The van der Waals surface area contributed by atoms with Gasteiger partial charge in [0.2, 0.25) is 5.91 Å². The van der Waals surface area contributed by atoms with Crippen molar-refractivity contribution in [3.63, 3.8) is 0 Å². The molecule has 172 valence electrons. The monoisotopic (exact) mass is 443 g/mol. The number of amides is 1. The molecule has 0 bridgehead atoms. The van der Waals surface area contributed by atoms with Gasteiger partial charge in [-0.3, -0.25) is 4.79 Å². The molecular formula is C29H33NO3. The number of methoxy groups -OCH3 is 2. The summed E-state index contributed by atoms with van der Waals surface area (Å²) < 4.78 is 10.7. The van der Waals surface area contributed by atoms with E-state index in [-0.39, 0.29) is 17.2 Å². The Balaban J connectivity index is 1.42. The molecule has 4 heteroatoms. The van der Waals surface area contributed by atoms with Gasteiger partial charge < -0.3 is 14.8 Å². The number of hydrogen-bond acceptors (Lipinski definition) is 3. The van der Waals surface area contributed by atoms with E-state index in [9.17, 15) is 4.79 Å². The van der Waals surface area contributed by atoms with Crippen molar-refractivity contribution in [2.24, 2.45) is 5.92 Å². The average molecular weight is 444 g/mol. The van der Waals surface area contributed by atoms with Crippen LogP contribution in [0.1, 0.15) is 40.7 Å². The van der Waals surface area contributed by atoms with Gasteiger partial charge in [0.05, 0.1) is 20.1 Å². The third kappa shape index (κ3) is 4.75. The molecule has 0 aliphatic heterocycles. The second kappa shape index (κ2) is 9.70. The molecule has 1 aliphatic rings. The molecule has 1 amide bonds. The van der Waals surface area contributed by atoms with Crippen LogP contribution in [0.5, 0.6) is 11.5 Å². The van der Waals surface area contributed by atoms with E-state index in [4.69, 9.17) is 9.47 Å². The maximum absolute atomic E-state index is 13.2. The number of ether oxygens (including phenoxy) is 2. The van der Waals surface area contributed by atoms with Crippen LogP contribution in [0.25, 0.3) is 0 Å². The van der Waals surface area contributed by atoms with Gasteiger partial charge in [-0.1, -0.05) is 65.7 Å². The number of nitrogens with one attached hydrogen (secondary N) is 1. The summed E-state index contributed by atoms with van der Waals surface area (Å²) in [4.78, 5) is 13.2. The molecule has 1 atom stereocenters. The van der Waals surface area contributed by atoms with Gasteiger partial charge in [0.25, 0.3) is 0 Å². The maximum atomic E-state index is 13.2. The molecule has 33 heavy (non-hydrogen) atoms. The zero-order chi connectivity index (χ0) is 23.4. The third-order valence-electron chi connectivity index (χ3n) is 6.73. The normalized spacial score (nSPS) is 16.2. The fourth-order valence-corrected chi connectivity index (χ4v) is 4.89. The minimum Gasteiger partial charge on any atom is -0.493 e. The van der Waals surface area contributed by atoms with Gasteiger partial charge in [-0.25, -0.2) is 0 Å². The van der Waals surface area contributed by atoms with E-state index in [0.29, 0.717) is 6.54 Å². The van der Waals surface area contributed by atoms with E-state index in [1.807, 2.05) is 18.2 Å². The van der Waals surface area contributed by atoms with Crippen LogP contribution in [0.3, 0.4) is 0 Å². The first-order chi connectivity index (χ1) is 16.0. The van der Waals surface area contributed by atoms with E-state index in [2.05, 4.69) is 67.7 Å². The Morgan fingerprint density at radius 2 is 1.55 bits per heavy atom. The number of hydrogen-bond donors (Lipinski definition) is 1. The lowest BCUT2D eigenvalue weighted by molar-refractivity contribution is -0.122. The molecule has 1 N–H and O–H groups in total. The summed E-state index contributed by atoms with van der Waals surface area (Å²) >= 11 is 0. The van der Waals surface area contributed by atoms with Crippen LogP contribution >= 0.6 is 0 Å². The molecule has 4 rings (SSSR count). The van der Waals surface area contributed by atoms with Crippen LogP contribution in [-0.2, 0) is 16.6 Å². The summed E-state index contributed by atoms with van der Waals surface area (Å²) in [5.41, 5.74) is 5.85. The van der Waals surface area contributed by atoms with Crippen molar-refractivity contribution in [1.82, 2.24) is 5.32 Å². The fourth-order valence-electron chi connectivity index (χ4n) is 4.89. The van der Waals surface area contributed by atoms with Crippen LogP contribution in [0.2, 0.25) is 0 Å². The number of rotatable bonds is 9. The van der Waals surface area contributed by atoms with Crippen molar-refractivity contribution in [3.8, 4) is 11.5 Å². The maximum Gasteiger partial charge on any atom is 0.224 e. The van der Waals surface area contributed by atoms with Gasteiger partial charge in [-0.05, 0) is 61.9 Å². The van der Waals surface area contributed by atoms with E-state index in [1.54, 1.807) is 14.2 Å². The van der Waals surface area contributed by atoms with Gasteiger partial charge in [0.15, 0.2) is 11.5 Å². The molecule has 0 unspecified atom stereocenters. The number of benzene rings is 3. The second-order valence-electron chi connectivity index (χ2n) is 9.05. The van der Waals surface area contributed by atoms with Crippen LogP contribution in [0.4, 0.5) is 0 Å². The van der Waals surface area contributed by atoms with Crippen LogP contribution in [0.15, 0.2) is 66.7 Å². The summed E-state index contributed by atoms with van der Waals surface area (Å²) in [6.45, 7) is 4.87. The summed E-state index contributed by atoms with van der Waals surface area (Å²) in [6.07, 6.45) is 2.59. The number of carbonyl (C=O) groups is 1. The Bertz CT molecular complexity index is 1090. The highest BCUT2D eigenvalue weighted by Gasteiger charge is 2.60. The van der Waals surface area contributed by atoms with Crippen LogP contribution in [-0.4, -0.2) is 26.7 Å². The number of aryl methyl sites for hydroxylation is 3. The average Bonchev–Trinajstić information content (AvgIpc) is 3.59. The Morgan fingerprint density at radius 3 is 2.12 bits per heavy atom. The predicted molar refractivity (Wildman–Crippen MR) is 132 cm³/mol. The molecule has 0 spiro atoms. The van der Waals surface area contributed by atoms with Gasteiger partial charge in [-0.15, -0.1) is 0 Å². The highest BCUT2D eigenvalue weighted by molar-refractivity contribution is 5.86. The zero-order valence-corrected chi connectivity index (χ0v) is 20.0. The summed E-state index contributed by atoms with van der Waals surface area (Å²) in [5.74, 6) is 1.57. The fraction of sp³-hybridized carbons (Fsp3) is 0.345. The molecule has 1 fully saturated rings. The smallest absolute Gasteiger partial charge is 0.224 e. The standard InChI is InChI=1S/C29H33NO3/c1-20-8-5-11-23(16-20)29(24-12-6-9-21(2)17-24)19-25(29)28(31)30-15-7-10-22-13-14-26(32-3)27(18-22)33-4/h5-6,8-9,11-14,16-18,25H,7,10,15,19H2,1-4H3,(H,30,31)/t25-/m0/s1. The highest BCUT2D eigenvalue weighted by Crippen LogP contribution is 2.59. The van der Waals surface area contributed by atoms with Crippen molar-refractivity contribution in [3.05, 3.63) is 94.5 Å². The minimum absolute atomic E-state index is 0.0396. The van der Waals surface area contributed by atoms with Crippen molar-refractivity contribution in [2.75, 3.05) is 20.8 Å². The van der Waals surface area contributed by atoms with Crippen LogP contribution in [0, 0.1) is 19.8 Å². The summed E-state index contributed by atoms with van der Waals surface area (Å²) in [7, 11) is 3.28. The number of carbonyl (C=O) groups excluding carboxylic acids is 1. The van der Waals surface area contributed by atoms with Crippen LogP contribution < -0.4 is 14.8 Å². The summed E-state index contributed by atoms with van der Waals surface area (Å²) in [5, 5.41) is 3.19. The molecule has 0 radical (unpaired) electrons. The molecular weight excluding hydrogens is 410 g/mol. The quantitative estimate of drug-likeness (QED) is 0.452. The lowest BCUT2D eigenvalue weighted by Crippen LogP contribution is -2.30. The van der Waals surface area contributed by atoms with E-state index in [0.717, 1.165) is 30.8 Å². The van der Waals surface area contributed by atoms with Gasteiger partial charge in [-0.2, -0.15) is 0 Å². The molecule has 3 aromatic rings. The first kappa shape index (κ1) is 22.9. The molecule has 1 saturated carbocycles. The Labute approximate surface area is 196 Å². The lowest BCUT2D eigenvalue weighted by atomic mass is 9.84. The molecule has 0 heterocycles. The van der Waals surface area contributed by atoms with E-state index >= 15 is 0 Å². The SMILES string of the molecule is COc1ccc(CCCNC(=O)[C@@H]2CC2(c2cccc(C)c2)c2cccc(C)c2)cc1OC. The third-order valence-corrected chi connectivity index (χ3v) is 6.73. The molecule has 0 saturated heterocycles. The molecule has 1 aliphatic carbocycles. The minimum atomic E-state index is -0.231. The largest absolute Gasteiger partial charge is 0.493 e. The van der Waals surface area contributed by atoms with E-state index < -0.39 is 0 Å². The van der Waals surface area contributed by atoms with Crippen molar-refractivity contribution >= 4 is 5.91 Å². The lowest BCUT2D eigenvalue weighted by Gasteiger charge is -2.20. The zero-order valence-electron chi connectivity index (χ0n) is 20.0. The van der Waals surface area contributed by atoms with E-state index in [1.165, 1.54) is 27.8 Å². The van der Waals surface area contributed by atoms with Crippen molar-refractivity contribution in [2.45, 2.75) is 38.5 Å². The van der Waals surface area contributed by atoms with Crippen molar-refractivity contribution in [1.29, 1.82) is 0 Å². The summed E-state index contributed by atoms with van der Waals surface area (Å²) in [6, 6.07) is 23.2. The Kier molecular flexibility index (Phi) is 6.73. The Hall–Kier alpha value is -3.27. The molecule has 3 aromatic carbocycles. The molecule has 4 nitrogen and oxygen atoms in total. The van der Waals surface area contributed by atoms with Gasteiger partial charge in [0.1, 0.15) is 0 Å². The van der Waals surface area contributed by atoms with Crippen molar-refractivity contribution < 1.29 is 14.3 Å². The van der Waals surface area contributed by atoms with Gasteiger partial charge >= 0.3 is 0 Å². The second-order valence-corrected chi connectivity index (χ2v) is 9.05. The first-order valence-electron chi connectivity index (χ1n) is 11.6. The Morgan fingerprint density at radius 1 is 0.909 bits per heavy atom. The first-order valence-corrected chi connectivity index (χ1v) is 11.6. The highest BCUT2D eigenvalue weighted by atomic mass is 16.5. The predicted octanol–water partition coefficient (Wildman–Crippen LogP) is 5.38. The van der Waals surface area contributed by atoms with Gasteiger partial charge in [0, 0.05) is 12.0 Å². The molecule has 0 aromatic heterocycles.